The van der Waals surface area contributed by atoms with Crippen molar-refractivity contribution in [2.45, 2.75) is 90.6 Å². The van der Waals surface area contributed by atoms with Gasteiger partial charge >= 0.3 is 8.25 Å². The highest BCUT2D eigenvalue weighted by Gasteiger charge is 2.40. The van der Waals surface area contributed by atoms with E-state index in [0.717, 1.165) is 24.0 Å². The van der Waals surface area contributed by atoms with Crippen molar-refractivity contribution in [2.75, 3.05) is 0 Å². The highest BCUT2D eigenvalue weighted by atomic mass is 31.1. The quantitative estimate of drug-likeness (QED) is 0.275. The predicted octanol–water partition coefficient (Wildman–Crippen LogP) is 7.94. The lowest BCUT2D eigenvalue weighted by atomic mass is 9.75. The summed E-state index contributed by atoms with van der Waals surface area (Å²) in [5.41, 5.74) is 3.48. The maximum Gasteiger partial charge on any atom is 0.317 e. The van der Waals surface area contributed by atoms with Gasteiger partial charge in [-0.05, 0) is 46.9 Å². The Morgan fingerprint density at radius 1 is 0.833 bits per heavy atom. The van der Waals surface area contributed by atoms with Crippen LogP contribution in [0.4, 0.5) is 0 Å². The molecular weight excluding hydrogens is 391 g/mol. The van der Waals surface area contributed by atoms with Gasteiger partial charge in [0.2, 0.25) is 0 Å². The molecule has 1 N–H and O–H groups in total. The number of unbranched alkanes of at least 4 members (excludes halogenated alkanes) is 4. The number of hydrogen-bond donors (Lipinski definition) is 1. The Morgan fingerprint density at radius 2 is 1.30 bits per heavy atom. The average molecular weight is 431 g/mol. The first kappa shape index (κ1) is 24.9. The molecule has 0 aliphatic rings. The van der Waals surface area contributed by atoms with Crippen LogP contribution < -0.4 is 0 Å². The second kappa shape index (κ2) is 11.8. The third-order valence-electron chi connectivity index (χ3n) is 5.93. The summed E-state index contributed by atoms with van der Waals surface area (Å²) in [7, 11) is -3.17. The monoisotopic (exact) mass is 430 g/mol. The Balaban J connectivity index is 2.70. The standard InChI is InChI=1S/C26H39O3P/c1-6-7-8-9-14-19-26(29-30(27)28,24-17-12-10-15-22(24)20(2)3)25-18-13-11-16-23(25)21(4)5/h10-13,15-18,20-21,30H,6-9,14,19H2,1-5H3,(H,27,28). The molecule has 0 saturated heterocycles. The van der Waals surface area contributed by atoms with E-state index in [0.29, 0.717) is 6.42 Å². The highest BCUT2D eigenvalue weighted by Crippen LogP contribution is 2.48. The molecule has 0 bridgehead atoms. The van der Waals surface area contributed by atoms with Crippen LogP contribution in [-0.2, 0) is 14.7 Å². The summed E-state index contributed by atoms with van der Waals surface area (Å²) in [5.74, 6) is 0.577. The maximum absolute atomic E-state index is 12.2. The van der Waals surface area contributed by atoms with Gasteiger partial charge in [-0.1, -0.05) is 109 Å². The van der Waals surface area contributed by atoms with E-state index in [1.807, 2.05) is 24.3 Å². The van der Waals surface area contributed by atoms with Crippen LogP contribution in [0.15, 0.2) is 48.5 Å². The van der Waals surface area contributed by atoms with E-state index in [1.165, 1.54) is 30.4 Å². The second-order valence-electron chi connectivity index (χ2n) is 8.84. The lowest BCUT2D eigenvalue weighted by molar-refractivity contribution is 0.0889. The van der Waals surface area contributed by atoms with Crippen LogP contribution in [0.1, 0.15) is 107 Å². The summed E-state index contributed by atoms with van der Waals surface area (Å²) >= 11 is 0. The highest BCUT2D eigenvalue weighted by molar-refractivity contribution is 7.32. The zero-order chi connectivity index (χ0) is 22.1. The number of rotatable bonds is 12. The van der Waals surface area contributed by atoms with Crippen LogP contribution in [-0.4, -0.2) is 4.89 Å². The van der Waals surface area contributed by atoms with Crippen molar-refractivity contribution in [1.82, 2.24) is 0 Å². The summed E-state index contributed by atoms with van der Waals surface area (Å²) in [5, 5.41) is 0. The Kier molecular flexibility index (Phi) is 9.81. The van der Waals surface area contributed by atoms with E-state index in [-0.39, 0.29) is 11.8 Å². The van der Waals surface area contributed by atoms with E-state index in [9.17, 15) is 9.46 Å². The smallest absolute Gasteiger partial charge is 0.317 e. The third kappa shape index (κ3) is 6.06. The second-order valence-corrected chi connectivity index (χ2v) is 9.58. The molecule has 0 heterocycles. The molecular formula is C26H39O3P. The predicted molar refractivity (Wildman–Crippen MR) is 128 cm³/mol. The van der Waals surface area contributed by atoms with Crippen molar-refractivity contribution in [3.63, 3.8) is 0 Å². The van der Waals surface area contributed by atoms with Crippen LogP contribution in [0, 0.1) is 0 Å². The Bertz CT molecular complexity index is 762. The van der Waals surface area contributed by atoms with Crippen molar-refractivity contribution in [1.29, 1.82) is 0 Å². The van der Waals surface area contributed by atoms with E-state index >= 15 is 0 Å². The molecule has 0 saturated carbocycles. The fraction of sp³-hybridized carbons (Fsp3) is 0.538. The molecule has 0 amide bonds. The van der Waals surface area contributed by atoms with Crippen molar-refractivity contribution >= 4 is 8.25 Å². The maximum atomic E-state index is 12.2. The van der Waals surface area contributed by atoms with Gasteiger partial charge in [0.15, 0.2) is 0 Å². The van der Waals surface area contributed by atoms with E-state index in [4.69, 9.17) is 4.52 Å². The average Bonchev–Trinajstić information content (AvgIpc) is 2.72. The number of hydrogen-bond acceptors (Lipinski definition) is 2. The molecule has 0 aliphatic heterocycles. The largest absolute Gasteiger partial charge is 0.326 e. The van der Waals surface area contributed by atoms with E-state index in [1.54, 1.807) is 0 Å². The Morgan fingerprint density at radius 3 is 1.73 bits per heavy atom. The van der Waals surface area contributed by atoms with Gasteiger partial charge in [0.1, 0.15) is 5.60 Å². The van der Waals surface area contributed by atoms with Gasteiger partial charge in [-0.2, -0.15) is 0 Å². The van der Waals surface area contributed by atoms with Gasteiger partial charge in [0.05, 0.1) is 0 Å². The molecule has 0 aliphatic carbocycles. The molecule has 30 heavy (non-hydrogen) atoms. The van der Waals surface area contributed by atoms with Crippen LogP contribution in [0.5, 0.6) is 0 Å². The van der Waals surface area contributed by atoms with Crippen molar-refractivity contribution in [3.8, 4) is 0 Å². The third-order valence-corrected chi connectivity index (χ3v) is 6.45. The fourth-order valence-corrected chi connectivity index (χ4v) is 5.06. The lowest BCUT2D eigenvalue weighted by Crippen LogP contribution is -2.32. The van der Waals surface area contributed by atoms with Gasteiger partial charge < -0.3 is 4.89 Å². The minimum atomic E-state index is -3.17. The minimum Gasteiger partial charge on any atom is -0.326 e. The molecule has 1 unspecified atom stereocenters. The molecule has 1 atom stereocenters. The Hall–Kier alpha value is -1.41. The molecule has 0 aromatic heterocycles. The van der Waals surface area contributed by atoms with Gasteiger partial charge in [-0.25, -0.2) is 0 Å². The van der Waals surface area contributed by atoms with Crippen molar-refractivity contribution in [3.05, 3.63) is 70.8 Å². The first-order chi connectivity index (χ1) is 14.3. The van der Waals surface area contributed by atoms with Crippen molar-refractivity contribution in [2.24, 2.45) is 0 Å². The van der Waals surface area contributed by atoms with Gasteiger partial charge in [-0.15, -0.1) is 0 Å². The zero-order valence-electron chi connectivity index (χ0n) is 19.3. The molecule has 166 valence electrons. The minimum absolute atomic E-state index is 0.288. The molecule has 3 nitrogen and oxygen atoms in total. The summed E-state index contributed by atoms with van der Waals surface area (Å²) in [6, 6.07) is 16.5. The lowest BCUT2D eigenvalue weighted by Gasteiger charge is -2.38. The van der Waals surface area contributed by atoms with Gasteiger partial charge in [0, 0.05) is 0 Å². The SMILES string of the molecule is CCCCCCCC(O[PH](=O)O)(c1ccccc1C(C)C)c1ccccc1C(C)C. The van der Waals surface area contributed by atoms with Gasteiger partial charge in [-0.3, -0.25) is 9.09 Å². The molecule has 0 radical (unpaired) electrons. The molecule has 2 aromatic carbocycles. The summed E-state index contributed by atoms with van der Waals surface area (Å²) in [6.07, 6.45) is 6.33. The van der Waals surface area contributed by atoms with Crippen LogP contribution in [0.3, 0.4) is 0 Å². The molecule has 4 heteroatoms. The van der Waals surface area contributed by atoms with Crippen LogP contribution >= 0.6 is 8.25 Å². The first-order valence-electron chi connectivity index (χ1n) is 11.4. The van der Waals surface area contributed by atoms with Gasteiger partial charge in [0.25, 0.3) is 0 Å². The van der Waals surface area contributed by atoms with Crippen LogP contribution in [0.2, 0.25) is 0 Å². The van der Waals surface area contributed by atoms with E-state index in [2.05, 4.69) is 58.9 Å². The van der Waals surface area contributed by atoms with Crippen LogP contribution in [0.25, 0.3) is 0 Å². The molecule has 0 fully saturated rings. The topological polar surface area (TPSA) is 46.5 Å². The van der Waals surface area contributed by atoms with Crippen molar-refractivity contribution < 1.29 is 14.0 Å². The molecule has 0 spiro atoms. The van der Waals surface area contributed by atoms with E-state index < -0.39 is 13.9 Å². The summed E-state index contributed by atoms with van der Waals surface area (Å²) in [6.45, 7) is 10.9. The Labute approximate surface area is 183 Å². The summed E-state index contributed by atoms with van der Waals surface area (Å²) < 4.78 is 18.3. The first-order valence-corrected chi connectivity index (χ1v) is 12.7. The zero-order valence-corrected chi connectivity index (χ0v) is 20.3. The number of benzene rings is 2. The normalized spacial score (nSPS) is 13.2. The summed E-state index contributed by atoms with van der Waals surface area (Å²) in [4.78, 5) is 10.0. The fourth-order valence-electron chi connectivity index (χ4n) is 4.44. The molecule has 2 rings (SSSR count). The molecule has 2 aromatic rings.